The van der Waals surface area contributed by atoms with Gasteiger partial charge in [-0.3, -0.25) is 20.3 Å². The van der Waals surface area contributed by atoms with E-state index in [0.717, 1.165) is 5.56 Å². The summed E-state index contributed by atoms with van der Waals surface area (Å²) in [4.78, 5) is 22.3. The SMILES string of the molecule is NC(=O)c1ccc(NO)c(C=CC=O)c1Cc1ccccc1. The first-order valence-corrected chi connectivity index (χ1v) is 6.69. The van der Waals surface area contributed by atoms with Gasteiger partial charge in [0.25, 0.3) is 0 Å². The molecule has 0 aromatic heterocycles. The van der Waals surface area contributed by atoms with Gasteiger partial charge in [0.1, 0.15) is 6.29 Å². The Hall–Kier alpha value is -2.92. The Morgan fingerprint density at radius 2 is 1.91 bits per heavy atom. The van der Waals surface area contributed by atoms with Crippen LogP contribution in [0.4, 0.5) is 5.69 Å². The van der Waals surface area contributed by atoms with Gasteiger partial charge in [0.15, 0.2) is 0 Å². The number of aldehydes is 1. The Balaban J connectivity index is 2.61. The summed E-state index contributed by atoms with van der Waals surface area (Å²) in [7, 11) is 0. The first-order valence-electron chi connectivity index (χ1n) is 6.69. The second-order valence-electron chi connectivity index (χ2n) is 4.69. The molecule has 1 amide bonds. The minimum atomic E-state index is -0.559. The summed E-state index contributed by atoms with van der Waals surface area (Å²) in [6.07, 6.45) is 3.92. The maximum Gasteiger partial charge on any atom is 0.249 e. The van der Waals surface area contributed by atoms with Crippen LogP contribution in [0.5, 0.6) is 0 Å². The van der Waals surface area contributed by atoms with Crippen LogP contribution >= 0.6 is 0 Å². The van der Waals surface area contributed by atoms with Crippen LogP contribution in [0.15, 0.2) is 48.5 Å². The van der Waals surface area contributed by atoms with Gasteiger partial charge in [0.2, 0.25) is 5.91 Å². The van der Waals surface area contributed by atoms with Crippen molar-refractivity contribution in [2.24, 2.45) is 5.73 Å². The second kappa shape index (κ2) is 7.19. The van der Waals surface area contributed by atoms with Gasteiger partial charge in [-0.15, -0.1) is 0 Å². The smallest absolute Gasteiger partial charge is 0.249 e. The van der Waals surface area contributed by atoms with Crippen molar-refractivity contribution in [2.45, 2.75) is 6.42 Å². The Labute approximate surface area is 128 Å². The summed E-state index contributed by atoms with van der Waals surface area (Å²) >= 11 is 0. The monoisotopic (exact) mass is 296 g/mol. The molecular formula is C17H16N2O3. The molecule has 4 N–H and O–H groups in total. The first-order chi connectivity index (χ1) is 10.7. The highest BCUT2D eigenvalue weighted by Crippen LogP contribution is 2.27. The molecule has 22 heavy (non-hydrogen) atoms. The summed E-state index contributed by atoms with van der Waals surface area (Å²) < 4.78 is 0. The lowest BCUT2D eigenvalue weighted by Crippen LogP contribution is -2.15. The van der Waals surface area contributed by atoms with Crippen LogP contribution in [0.25, 0.3) is 6.08 Å². The normalized spacial score (nSPS) is 10.6. The number of allylic oxidation sites excluding steroid dienone is 1. The number of anilines is 1. The van der Waals surface area contributed by atoms with Gasteiger partial charge in [-0.25, -0.2) is 0 Å². The molecule has 0 heterocycles. The summed E-state index contributed by atoms with van der Waals surface area (Å²) in [5.41, 5.74) is 10.5. The summed E-state index contributed by atoms with van der Waals surface area (Å²) in [5.74, 6) is -0.559. The van der Waals surface area contributed by atoms with Gasteiger partial charge < -0.3 is 5.73 Å². The van der Waals surface area contributed by atoms with E-state index >= 15 is 0 Å². The number of hydrogen-bond donors (Lipinski definition) is 3. The lowest BCUT2D eigenvalue weighted by Gasteiger charge is -2.15. The molecule has 0 saturated heterocycles. The zero-order valence-electron chi connectivity index (χ0n) is 11.8. The standard InChI is InChI=1S/C17H16N2O3/c18-17(21)14-8-9-16(19-22)13(7-4-10-20)15(14)11-12-5-2-1-3-6-12/h1-10,19,22H,11H2,(H2,18,21). The molecule has 2 aromatic rings. The van der Waals surface area contributed by atoms with E-state index < -0.39 is 5.91 Å². The van der Waals surface area contributed by atoms with Crippen molar-refractivity contribution in [1.82, 2.24) is 0 Å². The minimum absolute atomic E-state index is 0.355. The Bertz CT molecular complexity index is 709. The fourth-order valence-corrected chi connectivity index (χ4v) is 2.31. The number of primary amides is 1. The van der Waals surface area contributed by atoms with Gasteiger partial charge >= 0.3 is 0 Å². The van der Waals surface area contributed by atoms with Crippen LogP contribution in [0, 0.1) is 0 Å². The van der Waals surface area contributed by atoms with Crippen molar-refractivity contribution in [1.29, 1.82) is 0 Å². The predicted octanol–water partition coefficient (Wildman–Crippen LogP) is 2.39. The van der Waals surface area contributed by atoms with Crippen molar-refractivity contribution in [3.8, 4) is 0 Å². The van der Waals surface area contributed by atoms with E-state index in [1.54, 1.807) is 12.1 Å². The van der Waals surface area contributed by atoms with Crippen LogP contribution in [-0.4, -0.2) is 17.4 Å². The molecule has 0 aliphatic rings. The maximum absolute atomic E-state index is 11.7. The van der Waals surface area contributed by atoms with Crippen LogP contribution in [0.3, 0.4) is 0 Å². The summed E-state index contributed by atoms with van der Waals surface area (Å²) in [5, 5.41) is 9.25. The predicted molar refractivity (Wildman–Crippen MR) is 84.7 cm³/mol. The molecule has 0 bridgehead atoms. The van der Waals surface area contributed by atoms with Crippen LogP contribution in [0.2, 0.25) is 0 Å². The van der Waals surface area contributed by atoms with Crippen molar-refractivity contribution < 1.29 is 14.8 Å². The number of benzene rings is 2. The number of nitrogens with two attached hydrogens (primary N) is 1. The van der Waals surface area contributed by atoms with Crippen molar-refractivity contribution in [2.75, 3.05) is 5.48 Å². The van der Waals surface area contributed by atoms with Crippen LogP contribution in [0.1, 0.15) is 27.0 Å². The second-order valence-corrected chi connectivity index (χ2v) is 4.69. The molecule has 0 spiro atoms. The van der Waals surface area contributed by atoms with Gasteiger partial charge in [0.05, 0.1) is 5.69 Å². The van der Waals surface area contributed by atoms with Gasteiger partial charge in [-0.2, -0.15) is 0 Å². The average molecular weight is 296 g/mol. The number of carbonyl (C=O) groups excluding carboxylic acids is 2. The van der Waals surface area contributed by atoms with E-state index in [1.165, 1.54) is 12.2 Å². The maximum atomic E-state index is 11.7. The molecule has 0 unspecified atom stereocenters. The van der Waals surface area contributed by atoms with Gasteiger partial charge in [-0.1, -0.05) is 30.3 Å². The number of nitrogens with one attached hydrogen (secondary N) is 1. The Morgan fingerprint density at radius 1 is 1.18 bits per heavy atom. The topological polar surface area (TPSA) is 92.4 Å². The quantitative estimate of drug-likeness (QED) is 0.433. The summed E-state index contributed by atoms with van der Waals surface area (Å²) in [6.45, 7) is 0. The van der Waals surface area contributed by atoms with Crippen LogP contribution < -0.4 is 11.2 Å². The molecule has 0 atom stereocenters. The largest absolute Gasteiger partial charge is 0.366 e. The van der Waals surface area contributed by atoms with E-state index in [9.17, 15) is 14.8 Å². The molecule has 5 nitrogen and oxygen atoms in total. The summed E-state index contributed by atoms with van der Waals surface area (Å²) in [6, 6.07) is 12.6. The molecule has 0 aliphatic carbocycles. The molecule has 0 fully saturated rings. The average Bonchev–Trinajstić information content (AvgIpc) is 2.53. The van der Waals surface area contributed by atoms with Crippen LogP contribution in [-0.2, 0) is 11.2 Å². The molecule has 0 radical (unpaired) electrons. The molecule has 2 rings (SSSR count). The van der Waals surface area contributed by atoms with E-state index in [2.05, 4.69) is 5.48 Å². The number of amides is 1. The zero-order valence-corrected chi connectivity index (χ0v) is 11.8. The third kappa shape index (κ3) is 3.39. The molecule has 0 aliphatic heterocycles. The first kappa shape index (κ1) is 15.5. The highest BCUT2D eigenvalue weighted by atomic mass is 16.5. The Kier molecular flexibility index (Phi) is 5.06. The molecule has 112 valence electrons. The third-order valence-electron chi connectivity index (χ3n) is 3.31. The number of rotatable bonds is 6. The van der Waals surface area contributed by atoms with Gasteiger partial charge in [0, 0.05) is 11.1 Å². The molecule has 2 aromatic carbocycles. The lowest BCUT2D eigenvalue weighted by molar-refractivity contribution is -0.104. The Morgan fingerprint density at radius 3 is 2.50 bits per heavy atom. The number of carbonyl (C=O) groups is 2. The lowest BCUT2D eigenvalue weighted by atomic mass is 9.93. The van der Waals surface area contributed by atoms with Gasteiger partial charge in [-0.05, 0) is 41.8 Å². The fraction of sp³-hybridized carbons (Fsp3) is 0.0588. The van der Waals surface area contributed by atoms with E-state index in [0.29, 0.717) is 35.1 Å². The highest BCUT2D eigenvalue weighted by molar-refractivity contribution is 5.97. The third-order valence-corrected chi connectivity index (χ3v) is 3.31. The molecular weight excluding hydrogens is 280 g/mol. The highest BCUT2D eigenvalue weighted by Gasteiger charge is 2.15. The zero-order chi connectivity index (χ0) is 15.9. The van der Waals surface area contributed by atoms with Crippen molar-refractivity contribution in [3.05, 3.63) is 70.8 Å². The molecule has 5 heteroatoms. The minimum Gasteiger partial charge on any atom is -0.366 e. The van der Waals surface area contributed by atoms with E-state index in [4.69, 9.17) is 5.73 Å². The van der Waals surface area contributed by atoms with Crippen molar-refractivity contribution in [3.63, 3.8) is 0 Å². The number of hydrogen-bond acceptors (Lipinski definition) is 4. The van der Waals surface area contributed by atoms with E-state index in [-0.39, 0.29) is 0 Å². The van der Waals surface area contributed by atoms with Crippen molar-refractivity contribution >= 4 is 24.0 Å². The fourth-order valence-electron chi connectivity index (χ4n) is 2.31. The van der Waals surface area contributed by atoms with E-state index in [1.807, 2.05) is 30.3 Å². The molecule has 0 saturated carbocycles.